The molecule has 128 valence electrons. The molecule has 4 rings (SSSR count). The predicted molar refractivity (Wildman–Crippen MR) is 102 cm³/mol. The summed E-state index contributed by atoms with van der Waals surface area (Å²) in [5.74, 6) is 2.93. The molecule has 0 bridgehead atoms. The summed E-state index contributed by atoms with van der Waals surface area (Å²) in [6.07, 6.45) is 2.38. The Hall–Kier alpha value is -1.92. The van der Waals surface area contributed by atoms with Crippen LogP contribution in [0.1, 0.15) is 24.6 Å². The van der Waals surface area contributed by atoms with Gasteiger partial charge in [-0.1, -0.05) is 48.2 Å². The van der Waals surface area contributed by atoms with Crippen molar-refractivity contribution in [1.29, 1.82) is 0 Å². The molecule has 0 unspecified atom stereocenters. The van der Waals surface area contributed by atoms with E-state index in [-0.39, 0.29) is 0 Å². The van der Waals surface area contributed by atoms with E-state index in [1.165, 1.54) is 12.8 Å². The number of thioether (sulfide) groups is 1. The first-order valence-electron chi connectivity index (χ1n) is 8.40. The summed E-state index contributed by atoms with van der Waals surface area (Å²) >= 11 is 1.58. The van der Waals surface area contributed by atoms with Gasteiger partial charge < -0.3 is 0 Å². The molecule has 0 radical (unpaired) electrons. The Morgan fingerprint density at radius 3 is 2.40 bits per heavy atom. The molecular weight excluding hydrogens is 350 g/mol. The second kappa shape index (κ2) is 7.54. The van der Waals surface area contributed by atoms with Crippen molar-refractivity contribution in [2.45, 2.75) is 28.8 Å². The minimum Gasteiger partial charge on any atom is -0.254 e. The number of nitrogens with zero attached hydrogens (tertiary/aromatic N) is 3. The van der Waals surface area contributed by atoms with Gasteiger partial charge >= 0.3 is 0 Å². The van der Waals surface area contributed by atoms with Crippen LogP contribution in [0, 0.1) is 0 Å². The van der Waals surface area contributed by atoms with E-state index in [0.717, 1.165) is 27.3 Å². The Labute approximate surface area is 154 Å². The van der Waals surface area contributed by atoms with Crippen LogP contribution in [0.5, 0.6) is 0 Å². The van der Waals surface area contributed by atoms with Crippen molar-refractivity contribution in [2.24, 2.45) is 0 Å². The lowest BCUT2D eigenvalue weighted by molar-refractivity contribution is 0.684. The Morgan fingerprint density at radius 2 is 1.72 bits per heavy atom. The summed E-state index contributed by atoms with van der Waals surface area (Å²) in [6, 6.07) is 19.8. The zero-order valence-corrected chi connectivity index (χ0v) is 15.4. The van der Waals surface area contributed by atoms with Gasteiger partial charge in [-0.15, -0.1) is 5.10 Å². The van der Waals surface area contributed by atoms with E-state index in [4.69, 9.17) is 4.98 Å². The Bertz CT molecular complexity index is 861. The highest BCUT2D eigenvalue weighted by molar-refractivity contribution is 8.00. The zero-order chi connectivity index (χ0) is 17.1. The zero-order valence-electron chi connectivity index (χ0n) is 13.7. The third-order valence-electron chi connectivity index (χ3n) is 4.06. The fourth-order valence-electron chi connectivity index (χ4n) is 2.63. The summed E-state index contributed by atoms with van der Waals surface area (Å²) < 4.78 is 14.3. The number of hydrogen-bond acceptors (Lipinski definition) is 4. The summed E-state index contributed by atoms with van der Waals surface area (Å²) in [6.45, 7) is 0. The van der Waals surface area contributed by atoms with E-state index in [1.54, 1.807) is 11.8 Å². The van der Waals surface area contributed by atoms with E-state index in [9.17, 15) is 4.21 Å². The molecular formula is C19H19N3OS2. The first-order valence-corrected chi connectivity index (χ1v) is 10.7. The average molecular weight is 370 g/mol. The van der Waals surface area contributed by atoms with Gasteiger partial charge in [-0.05, 0) is 37.1 Å². The SMILES string of the molecule is O=[S@@](CCSc1nc(C2CC2)n(-c2ccccc2)n1)c1ccccc1. The average Bonchev–Trinajstić information content (AvgIpc) is 3.43. The van der Waals surface area contributed by atoms with Gasteiger partial charge in [-0.25, -0.2) is 9.67 Å². The maximum absolute atomic E-state index is 12.3. The van der Waals surface area contributed by atoms with Crippen molar-refractivity contribution in [3.8, 4) is 5.69 Å². The predicted octanol–water partition coefficient (Wildman–Crippen LogP) is 4.04. The van der Waals surface area contributed by atoms with Crippen LogP contribution in [-0.2, 0) is 10.8 Å². The Morgan fingerprint density at radius 1 is 1.04 bits per heavy atom. The van der Waals surface area contributed by atoms with E-state index in [0.29, 0.717) is 11.7 Å². The Balaban J connectivity index is 1.44. The lowest BCUT2D eigenvalue weighted by Crippen LogP contribution is -2.01. The van der Waals surface area contributed by atoms with Gasteiger partial charge in [0.25, 0.3) is 0 Å². The number of benzene rings is 2. The van der Waals surface area contributed by atoms with E-state index in [2.05, 4.69) is 17.2 Å². The molecule has 2 aromatic carbocycles. The minimum absolute atomic E-state index is 0.528. The van der Waals surface area contributed by atoms with Crippen molar-refractivity contribution >= 4 is 22.6 Å². The van der Waals surface area contributed by atoms with Crippen LogP contribution >= 0.6 is 11.8 Å². The highest BCUT2D eigenvalue weighted by Gasteiger charge is 2.30. The smallest absolute Gasteiger partial charge is 0.209 e. The fourth-order valence-corrected chi connectivity index (χ4v) is 4.74. The molecule has 0 aliphatic heterocycles. The van der Waals surface area contributed by atoms with Crippen LogP contribution in [-0.4, -0.2) is 30.5 Å². The van der Waals surface area contributed by atoms with Crippen molar-refractivity contribution in [3.63, 3.8) is 0 Å². The van der Waals surface area contributed by atoms with E-state index >= 15 is 0 Å². The Kier molecular flexibility index (Phi) is 4.99. The van der Waals surface area contributed by atoms with Gasteiger partial charge in [0, 0.05) is 22.3 Å². The maximum atomic E-state index is 12.3. The summed E-state index contributed by atoms with van der Waals surface area (Å²) in [5.41, 5.74) is 1.05. The molecule has 1 aliphatic rings. The van der Waals surface area contributed by atoms with Gasteiger partial charge in [-0.2, -0.15) is 0 Å². The molecule has 1 atom stereocenters. The molecule has 1 fully saturated rings. The number of hydrogen-bond donors (Lipinski definition) is 0. The lowest BCUT2D eigenvalue weighted by Gasteiger charge is -2.03. The molecule has 1 aliphatic carbocycles. The highest BCUT2D eigenvalue weighted by Crippen LogP contribution is 2.40. The van der Waals surface area contributed by atoms with Crippen LogP contribution in [0.4, 0.5) is 0 Å². The summed E-state index contributed by atoms with van der Waals surface area (Å²) in [4.78, 5) is 5.61. The fraction of sp³-hybridized carbons (Fsp3) is 0.263. The first kappa shape index (κ1) is 16.5. The van der Waals surface area contributed by atoms with Gasteiger partial charge in [0.15, 0.2) is 0 Å². The molecule has 4 nitrogen and oxygen atoms in total. The second-order valence-corrected chi connectivity index (χ2v) is 8.62. The molecule has 0 spiro atoms. The van der Waals surface area contributed by atoms with Crippen LogP contribution < -0.4 is 0 Å². The van der Waals surface area contributed by atoms with Crippen LogP contribution in [0.15, 0.2) is 70.7 Å². The van der Waals surface area contributed by atoms with E-state index < -0.39 is 10.8 Å². The summed E-state index contributed by atoms with van der Waals surface area (Å²) in [5, 5.41) is 5.45. The van der Waals surface area contributed by atoms with Crippen LogP contribution in [0.25, 0.3) is 5.69 Å². The van der Waals surface area contributed by atoms with Gasteiger partial charge in [0.2, 0.25) is 5.16 Å². The molecule has 3 aromatic rings. The van der Waals surface area contributed by atoms with Gasteiger partial charge in [-0.3, -0.25) is 4.21 Å². The molecule has 0 N–H and O–H groups in total. The number of para-hydroxylation sites is 1. The maximum Gasteiger partial charge on any atom is 0.209 e. The monoisotopic (exact) mass is 369 g/mol. The molecule has 1 aromatic heterocycles. The largest absolute Gasteiger partial charge is 0.254 e. The normalized spacial score (nSPS) is 15.2. The number of rotatable bonds is 7. The first-order chi connectivity index (χ1) is 12.3. The lowest BCUT2D eigenvalue weighted by atomic mass is 10.3. The van der Waals surface area contributed by atoms with Crippen molar-refractivity contribution < 1.29 is 4.21 Å². The standard InChI is InChI=1S/C19H19N3OS2/c23-25(17-9-5-2-6-10-17)14-13-24-19-20-18(15-11-12-15)22(21-19)16-7-3-1-4-8-16/h1-10,15H,11-14H2/t25-/m0/s1. The molecule has 1 heterocycles. The topological polar surface area (TPSA) is 47.8 Å². The minimum atomic E-state index is -0.971. The van der Waals surface area contributed by atoms with Crippen LogP contribution in [0.2, 0.25) is 0 Å². The van der Waals surface area contributed by atoms with Crippen molar-refractivity contribution in [2.75, 3.05) is 11.5 Å². The van der Waals surface area contributed by atoms with E-state index in [1.807, 2.05) is 53.2 Å². The molecule has 1 saturated carbocycles. The third-order valence-corrected chi connectivity index (χ3v) is 6.53. The summed E-state index contributed by atoms with van der Waals surface area (Å²) in [7, 11) is -0.971. The van der Waals surface area contributed by atoms with Crippen molar-refractivity contribution in [1.82, 2.24) is 14.8 Å². The van der Waals surface area contributed by atoms with Crippen molar-refractivity contribution in [3.05, 3.63) is 66.5 Å². The highest BCUT2D eigenvalue weighted by atomic mass is 32.2. The molecule has 6 heteroatoms. The number of aromatic nitrogens is 3. The quantitative estimate of drug-likeness (QED) is 0.590. The third kappa shape index (κ3) is 4.02. The van der Waals surface area contributed by atoms with Gasteiger partial charge in [0.05, 0.1) is 16.5 Å². The van der Waals surface area contributed by atoms with Gasteiger partial charge in [0.1, 0.15) is 5.82 Å². The molecule has 0 amide bonds. The van der Waals surface area contributed by atoms with Crippen LogP contribution in [0.3, 0.4) is 0 Å². The second-order valence-electron chi connectivity index (χ2n) is 5.99. The molecule has 25 heavy (non-hydrogen) atoms. The molecule has 0 saturated heterocycles.